The average Bonchev–Trinajstić information content (AvgIpc) is 3.19. The number of rotatable bonds is 5. The van der Waals surface area contributed by atoms with Crippen molar-refractivity contribution < 1.29 is 4.74 Å². The maximum absolute atomic E-state index is 5.81. The summed E-state index contributed by atoms with van der Waals surface area (Å²) in [4.78, 5) is 8.39. The molecule has 1 atom stereocenters. The number of nitrogens with zero attached hydrogens (tertiary/aromatic N) is 2. The van der Waals surface area contributed by atoms with Crippen molar-refractivity contribution >= 4 is 17.3 Å². The van der Waals surface area contributed by atoms with E-state index < -0.39 is 0 Å². The van der Waals surface area contributed by atoms with Gasteiger partial charge in [0.2, 0.25) is 0 Å². The van der Waals surface area contributed by atoms with Gasteiger partial charge in [-0.1, -0.05) is 0 Å². The molecular formula is C17H28N4OS. The number of thiophene rings is 1. The van der Waals surface area contributed by atoms with Crippen molar-refractivity contribution in [3.05, 3.63) is 21.9 Å². The van der Waals surface area contributed by atoms with Crippen LogP contribution in [0, 0.1) is 0 Å². The lowest BCUT2D eigenvalue weighted by Gasteiger charge is -2.28. The highest BCUT2D eigenvalue weighted by molar-refractivity contribution is 7.10. The molecule has 0 aliphatic carbocycles. The number of ether oxygens (including phenoxy) is 1. The predicted octanol–water partition coefficient (Wildman–Crippen LogP) is 1.84. The fourth-order valence-electron chi connectivity index (χ4n) is 3.30. The lowest BCUT2D eigenvalue weighted by atomic mass is 10.0. The lowest BCUT2D eigenvalue weighted by Crippen LogP contribution is -2.47. The van der Waals surface area contributed by atoms with Crippen molar-refractivity contribution in [1.29, 1.82) is 0 Å². The van der Waals surface area contributed by atoms with Crippen LogP contribution in [0.25, 0.3) is 0 Å². The number of hydrogen-bond donors (Lipinski definition) is 2. The van der Waals surface area contributed by atoms with E-state index in [4.69, 9.17) is 4.74 Å². The Hall–Kier alpha value is -1.11. The van der Waals surface area contributed by atoms with Gasteiger partial charge in [0.15, 0.2) is 5.96 Å². The molecular weight excluding hydrogens is 308 g/mol. The van der Waals surface area contributed by atoms with Crippen molar-refractivity contribution in [2.24, 2.45) is 4.99 Å². The topological polar surface area (TPSA) is 48.9 Å². The van der Waals surface area contributed by atoms with Crippen LogP contribution in [0.3, 0.4) is 0 Å². The Morgan fingerprint density at radius 1 is 1.48 bits per heavy atom. The van der Waals surface area contributed by atoms with Gasteiger partial charge in [-0.05, 0) is 43.2 Å². The minimum Gasteiger partial charge on any atom is -0.373 e. The third-order valence-corrected chi connectivity index (χ3v) is 5.78. The number of guanidine groups is 1. The van der Waals surface area contributed by atoms with Gasteiger partial charge in [-0.15, -0.1) is 11.3 Å². The maximum atomic E-state index is 5.81. The molecule has 0 spiro atoms. The van der Waals surface area contributed by atoms with Crippen LogP contribution >= 0.6 is 11.3 Å². The summed E-state index contributed by atoms with van der Waals surface area (Å²) in [5, 5.41) is 9.03. The highest BCUT2D eigenvalue weighted by Crippen LogP contribution is 2.24. The second kappa shape index (κ2) is 7.64. The normalized spacial score (nSPS) is 25.4. The zero-order chi connectivity index (χ0) is 16.1. The molecule has 23 heavy (non-hydrogen) atoms. The van der Waals surface area contributed by atoms with Crippen LogP contribution in [0.4, 0.5) is 0 Å². The van der Waals surface area contributed by atoms with E-state index in [2.05, 4.69) is 38.9 Å². The molecule has 0 radical (unpaired) electrons. The molecule has 0 amide bonds. The number of nitrogens with one attached hydrogen (secondary N) is 2. The summed E-state index contributed by atoms with van der Waals surface area (Å²) in [7, 11) is 1.83. The molecule has 0 bridgehead atoms. The minimum atomic E-state index is -0.0418. The smallest absolute Gasteiger partial charge is 0.191 e. The second-order valence-electron chi connectivity index (χ2n) is 6.65. The van der Waals surface area contributed by atoms with Crippen LogP contribution in [-0.4, -0.2) is 56.3 Å². The van der Waals surface area contributed by atoms with E-state index in [1.54, 1.807) is 4.88 Å². The largest absolute Gasteiger partial charge is 0.373 e. The lowest BCUT2D eigenvalue weighted by molar-refractivity contribution is 0.0243. The molecule has 1 aromatic rings. The number of aliphatic imine (C=N–C) groups is 1. The van der Waals surface area contributed by atoms with Crippen LogP contribution < -0.4 is 10.6 Å². The van der Waals surface area contributed by atoms with Crippen LogP contribution in [0.15, 0.2) is 16.4 Å². The van der Waals surface area contributed by atoms with Crippen LogP contribution in [0.5, 0.6) is 0 Å². The first-order valence-corrected chi connectivity index (χ1v) is 9.43. The summed E-state index contributed by atoms with van der Waals surface area (Å²) in [5.74, 6) is 0.870. The number of hydrogen-bond acceptors (Lipinski definition) is 4. The molecule has 1 aromatic heterocycles. The van der Waals surface area contributed by atoms with E-state index >= 15 is 0 Å². The summed E-state index contributed by atoms with van der Waals surface area (Å²) < 4.78 is 5.81. The first-order valence-electron chi connectivity index (χ1n) is 8.55. The van der Waals surface area contributed by atoms with Gasteiger partial charge in [0, 0.05) is 51.3 Å². The van der Waals surface area contributed by atoms with E-state index in [9.17, 15) is 0 Å². The quantitative estimate of drug-likeness (QED) is 0.636. The Labute approximate surface area is 143 Å². The third kappa shape index (κ3) is 4.46. The summed E-state index contributed by atoms with van der Waals surface area (Å²) in [5.41, 5.74) is 1.47. The van der Waals surface area contributed by atoms with Crippen molar-refractivity contribution in [3.8, 4) is 0 Å². The molecule has 2 N–H and O–H groups in total. The van der Waals surface area contributed by atoms with Gasteiger partial charge in [-0.2, -0.15) is 0 Å². The molecule has 0 aromatic carbocycles. The monoisotopic (exact) mass is 336 g/mol. The van der Waals surface area contributed by atoms with E-state index in [-0.39, 0.29) is 5.60 Å². The standard InChI is InChI=1S/C17H28N4OS/c1-17(6-3-10-22-17)13-20-16(18-2)19-7-9-21-8-4-15-14(12-21)5-11-23-15/h5,11H,3-4,6-10,12-13H2,1-2H3,(H2,18,19,20). The summed E-state index contributed by atoms with van der Waals surface area (Å²) >= 11 is 1.89. The Kier molecular flexibility index (Phi) is 5.56. The molecule has 1 fully saturated rings. The fourth-order valence-corrected chi connectivity index (χ4v) is 4.19. The van der Waals surface area contributed by atoms with Gasteiger partial charge >= 0.3 is 0 Å². The molecule has 1 saturated heterocycles. The van der Waals surface area contributed by atoms with Gasteiger partial charge in [-0.25, -0.2) is 0 Å². The van der Waals surface area contributed by atoms with Crippen molar-refractivity contribution in [2.45, 2.75) is 38.3 Å². The van der Waals surface area contributed by atoms with E-state index in [0.717, 1.165) is 58.1 Å². The van der Waals surface area contributed by atoms with Crippen molar-refractivity contribution in [3.63, 3.8) is 0 Å². The average molecular weight is 337 g/mol. The van der Waals surface area contributed by atoms with Gasteiger partial charge in [0.05, 0.1) is 5.60 Å². The van der Waals surface area contributed by atoms with E-state index in [0.29, 0.717) is 0 Å². The maximum Gasteiger partial charge on any atom is 0.191 e. The molecule has 6 heteroatoms. The van der Waals surface area contributed by atoms with E-state index in [1.807, 2.05) is 18.4 Å². The molecule has 5 nitrogen and oxygen atoms in total. The third-order valence-electron chi connectivity index (χ3n) is 4.76. The van der Waals surface area contributed by atoms with Gasteiger partial charge in [0.25, 0.3) is 0 Å². The fraction of sp³-hybridized carbons (Fsp3) is 0.706. The molecule has 2 aliphatic heterocycles. The molecule has 2 aliphatic rings. The highest BCUT2D eigenvalue weighted by atomic mass is 32.1. The molecule has 3 heterocycles. The Morgan fingerprint density at radius 2 is 2.39 bits per heavy atom. The molecule has 1 unspecified atom stereocenters. The van der Waals surface area contributed by atoms with Crippen molar-refractivity contribution in [2.75, 3.05) is 39.8 Å². The van der Waals surface area contributed by atoms with Crippen molar-refractivity contribution in [1.82, 2.24) is 15.5 Å². The Morgan fingerprint density at radius 3 is 3.17 bits per heavy atom. The molecule has 3 rings (SSSR count). The highest BCUT2D eigenvalue weighted by Gasteiger charge is 2.29. The summed E-state index contributed by atoms with van der Waals surface area (Å²) in [6.07, 6.45) is 3.47. The minimum absolute atomic E-state index is 0.0418. The Balaban J connectivity index is 1.37. The van der Waals surface area contributed by atoms with Crippen LogP contribution in [0.1, 0.15) is 30.2 Å². The van der Waals surface area contributed by atoms with E-state index in [1.165, 1.54) is 12.0 Å². The second-order valence-corrected chi connectivity index (χ2v) is 7.65. The summed E-state index contributed by atoms with van der Waals surface area (Å²) in [6.45, 7) is 8.07. The number of fused-ring (bicyclic) bond motifs is 1. The van der Waals surface area contributed by atoms with Gasteiger partial charge in [0.1, 0.15) is 0 Å². The van der Waals surface area contributed by atoms with Gasteiger partial charge < -0.3 is 15.4 Å². The summed E-state index contributed by atoms with van der Waals surface area (Å²) in [6, 6.07) is 2.27. The van der Waals surface area contributed by atoms with Gasteiger partial charge in [-0.3, -0.25) is 9.89 Å². The Bertz CT molecular complexity index is 536. The SMILES string of the molecule is CN=C(NCCN1CCc2sccc2C1)NCC1(C)CCCO1. The predicted molar refractivity (Wildman–Crippen MR) is 96.3 cm³/mol. The molecule has 0 saturated carbocycles. The molecule has 128 valence electrons. The first kappa shape index (κ1) is 16.7. The zero-order valence-corrected chi connectivity index (χ0v) is 15.0. The van der Waals surface area contributed by atoms with Crippen LogP contribution in [-0.2, 0) is 17.7 Å². The van der Waals surface area contributed by atoms with Crippen LogP contribution in [0.2, 0.25) is 0 Å². The zero-order valence-electron chi connectivity index (χ0n) is 14.2. The first-order chi connectivity index (χ1) is 11.2.